The molecule has 3 amide bonds. The fourth-order valence-corrected chi connectivity index (χ4v) is 7.29. The molecule has 2 aliphatic heterocycles. The Morgan fingerprint density at radius 3 is 2.55 bits per heavy atom. The van der Waals surface area contributed by atoms with Crippen LogP contribution in [0.2, 0.25) is 5.02 Å². The summed E-state index contributed by atoms with van der Waals surface area (Å²) in [4.78, 5) is 50.9. The van der Waals surface area contributed by atoms with Gasteiger partial charge < -0.3 is 29.7 Å². The van der Waals surface area contributed by atoms with Gasteiger partial charge in [0.05, 0.1) is 12.7 Å². The molecule has 0 aliphatic carbocycles. The number of hydrogen-bond acceptors (Lipinski definition) is 5. The maximum Gasteiger partial charge on any atom is 0.257 e. The lowest BCUT2D eigenvalue weighted by Gasteiger charge is -2.38. The Labute approximate surface area is 280 Å². The zero-order valence-corrected chi connectivity index (χ0v) is 27.9. The molecule has 246 valence electrons. The highest BCUT2D eigenvalue weighted by Gasteiger charge is 2.36. The van der Waals surface area contributed by atoms with Crippen LogP contribution in [0, 0.1) is 11.8 Å². The maximum atomic E-state index is 14.6. The van der Waals surface area contributed by atoms with E-state index in [1.807, 2.05) is 79.8 Å². The van der Waals surface area contributed by atoms with E-state index in [1.54, 1.807) is 24.1 Å². The van der Waals surface area contributed by atoms with E-state index in [2.05, 4.69) is 15.2 Å². The smallest absolute Gasteiger partial charge is 0.257 e. The average Bonchev–Trinajstić information content (AvgIpc) is 3.49. The number of nitrogens with zero attached hydrogens (tertiary/aromatic N) is 3. The molecule has 10 heteroatoms. The van der Waals surface area contributed by atoms with E-state index < -0.39 is 6.04 Å². The lowest BCUT2D eigenvalue weighted by molar-refractivity contribution is -0.131. The fourth-order valence-electron chi connectivity index (χ4n) is 7.09. The van der Waals surface area contributed by atoms with Crippen molar-refractivity contribution in [2.45, 2.75) is 31.7 Å². The van der Waals surface area contributed by atoms with E-state index in [4.69, 9.17) is 16.3 Å². The normalized spacial score (nSPS) is 17.4. The highest BCUT2D eigenvalue weighted by atomic mass is 35.5. The van der Waals surface area contributed by atoms with Crippen molar-refractivity contribution in [1.82, 2.24) is 20.1 Å². The van der Waals surface area contributed by atoms with Crippen LogP contribution in [0.15, 0.2) is 72.9 Å². The molecule has 6 rings (SSSR count). The number of halogens is 1. The molecule has 0 radical (unpaired) electrons. The zero-order chi connectivity index (χ0) is 33.1. The predicted octanol–water partition coefficient (Wildman–Crippen LogP) is 5.18. The van der Waals surface area contributed by atoms with E-state index in [0.717, 1.165) is 40.7 Å². The van der Waals surface area contributed by atoms with Crippen LogP contribution in [-0.2, 0) is 22.4 Å². The molecule has 9 nitrogen and oxygen atoms in total. The summed E-state index contributed by atoms with van der Waals surface area (Å²) in [6.45, 7) is 2.27. The molecule has 3 heterocycles. The van der Waals surface area contributed by atoms with Crippen LogP contribution in [0.25, 0.3) is 10.9 Å². The van der Waals surface area contributed by atoms with Crippen LogP contribution in [-0.4, -0.2) is 85.9 Å². The largest absolute Gasteiger partial charge is 0.496 e. The minimum atomic E-state index is -0.781. The van der Waals surface area contributed by atoms with E-state index in [9.17, 15) is 14.4 Å². The molecule has 2 N–H and O–H groups in total. The zero-order valence-electron chi connectivity index (χ0n) is 27.2. The number of aromatic amines is 1. The highest BCUT2D eigenvalue weighted by Crippen LogP contribution is 2.33. The number of anilines is 1. The van der Waals surface area contributed by atoms with E-state index in [1.165, 1.54) is 0 Å². The predicted molar refractivity (Wildman–Crippen MR) is 185 cm³/mol. The summed E-state index contributed by atoms with van der Waals surface area (Å²) in [7, 11) is 5.63. The van der Waals surface area contributed by atoms with Gasteiger partial charge in [0, 0.05) is 66.3 Å². The second-order valence-electron chi connectivity index (χ2n) is 12.9. The SMILES string of the molecule is COc1ccccc1C(=O)N1CCC(C(=O)N[C@H](Cc2c[nH]c3ccccc23)C(=O)N2CC(CN(C)C)Cc3cc(Cl)ccc32)CC1. The van der Waals surface area contributed by atoms with Crippen LogP contribution in [0.4, 0.5) is 5.69 Å². The summed E-state index contributed by atoms with van der Waals surface area (Å²) in [6, 6.07) is 20.1. The van der Waals surface area contributed by atoms with E-state index in [-0.39, 0.29) is 29.6 Å². The molecule has 0 spiro atoms. The maximum absolute atomic E-state index is 14.6. The Kier molecular flexibility index (Phi) is 9.84. The molecule has 1 fully saturated rings. The van der Waals surface area contributed by atoms with Gasteiger partial charge in [0.15, 0.2) is 0 Å². The van der Waals surface area contributed by atoms with Crippen LogP contribution in [0.1, 0.15) is 34.3 Å². The standard InChI is InChI=1S/C37H42ClN5O4/c1-41(2)22-24-18-26-19-28(38)12-13-33(26)43(23-24)37(46)32(20-27-21-39-31-10-6-4-8-29(27)31)40-35(44)25-14-16-42(17-15-25)36(45)30-9-5-7-11-34(30)47-3/h4-13,19,21,24-25,32,39H,14-18,20,22-23H2,1-3H3,(H,40,44)/t24?,32-/m1/s1. The van der Waals surface area contributed by atoms with E-state index >= 15 is 0 Å². The molecular weight excluding hydrogens is 614 g/mol. The van der Waals surface area contributed by atoms with Crippen molar-refractivity contribution in [3.63, 3.8) is 0 Å². The number of hydrogen-bond donors (Lipinski definition) is 2. The van der Waals surface area contributed by atoms with Gasteiger partial charge in [-0.1, -0.05) is 41.9 Å². The first-order chi connectivity index (χ1) is 22.7. The molecule has 0 saturated carbocycles. The third kappa shape index (κ3) is 7.16. The van der Waals surface area contributed by atoms with Gasteiger partial charge in [-0.15, -0.1) is 0 Å². The van der Waals surface area contributed by atoms with Crippen LogP contribution >= 0.6 is 11.6 Å². The minimum Gasteiger partial charge on any atom is -0.496 e. The molecule has 2 aliphatic rings. The Hall–Kier alpha value is -4.34. The molecular formula is C37H42ClN5O4. The van der Waals surface area contributed by atoms with Crippen molar-refractivity contribution >= 4 is 45.9 Å². The summed E-state index contributed by atoms with van der Waals surface area (Å²) in [5, 5.41) is 4.84. The second-order valence-corrected chi connectivity index (χ2v) is 13.4. The number of fused-ring (bicyclic) bond motifs is 2. The number of likely N-dealkylation sites (tertiary alicyclic amines) is 1. The number of benzene rings is 3. The highest BCUT2D eigenvalue weighted by molar-refractivity contribution is 6.30. The number of rotatable bonds is 9. The quantitative estimate of drug-likeness (QED) is 0.259. The van der Waals surface area contributed by atoms with Gasteiger partial charge in [0.1, 0.15) is 11.8 Å². The summed E-state index contributed by atoms with van der Waals surface area (Å²) in [5.41, 5.74) is 4.34. The topological polar surface area (TPSA) is 98.0 Å². The third-order valence-corrected chi connectivity index (χ3v) is 9.61. The van der Waals surface area contributed by atoms with Crippen molar-refractivity contribution in [2.75, 3.05) is 52.3 Å². The van der Waals surface area contributed by atoms with Gasteiger partial charge in [0.25, 0.3) is 5.91 Å². The molecule has 47 heavy (non-hydrogen) atoms. The average molecular weight is 656 g/mol. The molecule has 2 atom stereocenters. The Morgan fingerprint density at radius 1 is 1.04 bits per heavy atom. The third-order valence-electron chi connectivity index (χ3n) is 9.37. The minimum absolute atomic E-state index is 0.107. The number of ether oxygens (including phenoxy) is 1. The number of piperidine rings is 1. The summed E-state index contributed by atoms with van der Waals surface area (Å²) in [6.07, 6.45) is 4.12. The van der Waals surface area contributed by atoms with Crippen molar-refractivity contribution in [1.29, 1.82) is 0 Å². The summed E-state index contributed by atoms with van der Waals surface area (Å²) in [5.74, 6) is 0.0267. The van der Waals surface area contributed by atoms with Crippen LogP contribution in [0.3, 0.4) is 0 Å². The van der Waals surface area contributed by atoms with E-state index in [0.29, 0.717) is 55.2 Å². The first-order valence-corrected chi connectivity index (χ1v) is 16.6. The number of carbonyl (C=O) groups is 3. The molecule has 1 saturated heterocycles. The number of amides is 3. The van der Waals surface area contributed by atoms with Gasteiger partial charge in [-0.25, -0.2) is 0 Å². The second kappa shape index (κ2) is 14.2. The number of carbonyl (C=O) groups excluding carboxylic acids is 3. The number of aromatic nitrogens is 1. The van der Waals surface area contributed by atoms with Crippen LogP contribution < -0.4 is 15.0 Å². The fraction of sp³-hybridized carbons (Fsp3) is 0.378. The number of H-pyrrole nitrogens is 1. The first kappa shape index (κ1) is 32.6. The van der Waals surface area contributed by atoms with Crippen molar-refractivity contribution in [2.24, 2.45) is 11.8 Å². The molecule has 1 unspecified atom stereocenters. The molecule has 3 aromatic carbocycles. The van der Waals surface area contributed by atoms with Gasteiger partial charge in [-0.2, -0.15) is 0 Å². The number of para-hydroxylation sites is 2. The van der Waals surface area contributed by atoms with Crippen molar-refractivity contribution in [3.8, 4) is 5.75 Å². The van der Waals surface area contributed by atoms with Gasteiger partial charge in [-0.05, 0) is 86.8 Å². The van der Waals surface area contributed by atoms with Crippen molar-refractivity contribution in [3.05, 3.63) is 94.6 Å². The number of nitrogens with one attached hydrogen (secondary N) is 2. The Morgan fingerprint density at radius 2 is 1.79 bits per heavy atom. The summed E-state index contributed by atoms with van der Waals surface area (Å²) >= 11 is 6.40. The monoisotopic (exact) mass is 655 g/mol. The van der Waals surface area contributed by atoms with Crippen molar-refractivity contribution < 1.29 is 19.1 Å². The number of methoxy groups -OCH3 is 1. The summed E-state index contributed by atoms with van der Waals surface area (Å²) < 4.78 is 5.40. The first-order valence-electron chi connectivity index (χ1n) is 16.2. The Balaban J connectivity index is 1.23. The van der Waals surface area contributed by atoms with Crippen LogP contribution in [0.5, 0.6) is 5.75 Å². The molecule has 0 bridgehead atoms. The molecule has 4 aromatic rings. The molecule has 1 aromatic heterocycles. The van der Waals surface area contributed by atoms with Gasteiger partial charge >= 0.3 is 0 Å². The lowest BCUT2D eigenvalue weighted by Crippen LogP contribution is -2.54. The van der Waals surface area contributed by atoms with Gasteiger partial charge in [0.2, 0.25) is 11.8 Å². The van der Waals surface area contributed by atoms with Gasteiger partial charge in [-0.3, -0.25) is 14.4 Å². The Bertz CT molecular complexity index is 1760. The lowest BCUT2D eigenvalue weighted by atomic mass is 9.90.